The first kappa shape index (κ1) is 10.6. The van der Waals surface area contributed by atoms with Crippen LogP contribution in [0, 0.1) is 5.92 Å². The molecule has 0 atom stereocenters. The lowest BCUT2D eigenvalue weighted by molar-refractivity contribution is 0.149. The van der Waals surface area contributed by atoms with Crippen molar-refractivity contribution in [3.63, 3.8) is 0 Å². The Morgan fingerprint density at radius 2 is 2.00 bits per heavy atom. The molecule has 0 saturated carbocycles. The van der Waals surface area contributed by atoms with Crippen molar-refractivity contribution in [1.82, 2.24) is 0 Å². The first-order valence-electron chi connectivity index (χ1n) is 3.07. The lowest BCUT2D eigenvalue weighted by Gasteiger charge is -2.06. The Morgan fingerprint density at radius 3 is 2.27 bits per heavy atom. The van der Waals surface area contributed by atoms with Crippen molar-refractivity contribution >= 4 is 13.3 Å². The Labute approximate surface area is 64.5 Å². The Hall–Kier alpha value is -0.380. The molecule has 5 nitrogen and oxygen atoms in total. The second-order valence-electron chi connectivity index (χ2n) is 2.51. The van der Waals surface area contributed by atoms with Gasteiger partial charge in [-0.25, -0.2) is 9.36 Å². The summed E-state index contributed by atoms with van der Waals surface area (Å²) in [5.41, 5.74) is -1.45. The normalized spacial score (nSPS) is 11.7. The monoisotopic (exact) mass is 182 g/mol. The molecule has 0 aliphatic heterocycles. The van der Waals surface area contributed by atoms with Crippen LogP contribution in [-0.2, 0) is 9.30 Å². The third-order valence-electron chi connectivity index (χ3n) is 0.778. The minimum absolute atomic E-state index is 0.0317. The Morgan fingerprint density at radius 1 is 1.55 bits per heavy atom. The van der Waals surface area contributed by atoms with Gasteiger partial charge in [0, 0.05) is 0 Å². The van der Waals surface area contributed by atoms with E-state index < -0.39 is 13.3 Å². The maximum atomic E-state index is 10.4. The lowest BCUT2D eigenvalue weighted by atomic mass is 10.2. The van der Waals surface area contributed by atoms with Crippen LogP contribution in [0.15, 0.2) is 0 Å². The molecule has 0 aliphatic rings. The molecule has 0 aromatic rings. The lowest BCUT2D eigenvalue weighted by Crippen LogP contribution is -2.08. The molecule has 0 bridgehead atoms. The molecule has 0 rings (SSSR count). The Kier molecular flexibility index (Phi) is 3.72. The molecule has 0 heterocycles. The van der Waals surface area contributed by atoms with Crippen molar-refractivity contribution in [2.75, 3.05) is 6.61 Å². The van der Waals surface area contributed by atoms with E-state index in [1.165, 1.54) is 0 Å². The van der Waals surface area contributed by atoms with Gasteiger partial charge in [0.2, 0.25) is 0 Å². The van der Waals surface area contributed by atoms with Crippen LogP contribution in [-0.4, -0.2) is 22.1 Å². The van der Waals surface area contributed by atoms with Gasteiger partial charge in [-0.3, -0.25) is 0 Å². The Bertz CT molecular complexity index is 181. The zero-order valence-electron chi connectivity index (χ0n) is 6.35. The first-order chi connectivity index (χ1) is 4.84. The fourth-order valence-corrected chi connectivity index (χ4v) is 0.565. The highest BCUT2D eigenvalue weighted by Crippen LogP contribution is 2.36. The highest BCUT2D eigenvalue weighted by molar-refractivity contribution is 7.69. The molecule has 0 unspecified atom stereocenters. The van der Waals surface area contributed by atoms with Gasteiger partial charge in [-0.15, -0.1) is 0 Å². The summed E-state index contributed by atoms with van der Waals surface area (Å²) in [5, 5.41) is 0. The SMILES string of the molecule is CC(C)COC(=O)P(=O)(O)O. The van der Waals surface area contributed by atoms with Crippen molar-refractivity contribution in [2.24, 2.45) is 5.92 Å². The van der Waals surface area contributed by atoms with Gasteiger partial charge < -0.3 is 14.5 Å². The van der Waals surface area contributed by atoms with Crippen molar-refractivity contribution in [3.8, 4) is 0 Å². The maximum absolute atomic E-state index is 10.4. The smallest absolute Gasteiger partial charge is 0.433 e. The Balaban J connectivity index is 3.81. The average molecular weight is 182 g/mol. The largest absolute Gasteiger partial charge is 0.456 e. The van der Waals surface area contributed by atoms with Gasteiger partial charge in [-0.05, 0) is 5.92 Å². The number of hydrogen-bond acceptors (Lipinski definition) is 3. The summed E-state index contributed by atoms with van der Waals surface area (Å²) < 4.78 is 14.4. The maximum Gasteiger partial charge on any atom is 0.433 e. The molecule has 2 N–H and O–H groups in total. The van der Waals surface area contributed by atoms with Crippen molar-refractivity contribution < 1.29 is 23.9 Å². The zero-order chi connectivity index (χ0) is 9.07. The predicted octanol–water partition coefficient (Wildman–Crippen LogP) is 0.957. The molecule has 0 aromatic carbocycles. The fraction of sp³-hybridized carbons (Fsp3) is 0.800. The molecule has 0 radical (unpaired) electrons. The molecule has 0 aromatic heterocycles. The summed E-state index contributed by atoms with van der Waals surface area (Å²) in [7, 11) is -4.67. The molecule has 0 aliphatic carbocycles. The number of carbonyl (C=O) groups is 1. The highest BCUT2D eigenvalue weighted by atomic mass is 31.2. The summed E-state index contributed by atoms with van der Waals surface area (Å²) in [4.78, 5) is 26.9. The van der Waals surface area contributed by atoms with Gasteiger partial charge in [0.25, 0.3) is 0 Å². The van der Waals surface area contributed by atoms with Crippen LogP contribution in [0.3, 0.4) is 0 Å². The molecule has 66 valence electrons. The fourth-order valence-electron chi connectivity index (χ4n) is 0.322. The van der Waals surface area contributed by atoms with E-state index in [2.05, 4.69) is 4.74 Å². The topological polar surface area (TPSA) is 83.8 Å². The summed E-state index contributed by atoms with van der Waals surface area (Å²) in [6.45, 7) is 3.57. The van der Waals surface area contributed by atoms with Crippen LogP contribution in [0.2, 0.25) is 0 Å². The van der Waals surface area contributed by atoms with Crippen LogP contribution in [0.4, 0.5) is 4.79 Å². The van der Waals surface area contributed by atoms with Gasteiger partial charge in [-0.2, -0.15) is 0 Å². The number of rotatable bonds is 3. The van der Waals surface area contributed by atoms with Gasteiger partial charge in [0.15, 0.2) is 0 Å². The summed E-state index contributed by atoms with van der Waals surface area (Å²) in [6, 6.07) is 0. The summed E-state index contributed by atoms with van der Waals surface area (Å²) in [6.07, 6.45) is 0. The summed E-state index contributed by atoms with van der Waals surface area (Å²) >= 11 is 0. The molecule has 0 spiro atoms. The second kappa shape index (κ2) is 3.85. The zero-order valence-corrected chi connectivity index (χ0v) is 7.25. The van der Waals surface area contributed by atoms with Crippen molar-refractivity contribution in [1.29, 1.82) is 0 Å². The van der Waals surface area contributed by atoms with E-state index >= 15 is 0 Å². The third-order valence-corrected chi connectivity index (χ3v) is 1.38. The average Bonchev–Trinajstić information content (AvgIpc) is 1.80. The number of carbonyl (C=O) groups excluding carboxylic acids is 1. The van der Waals surface area contributed by atoms with E-state index in [1.807, 2.05) is 0 Å². The van der Waals surface area contributed by atoms with Crippen molar-refractivity contribution in [3.05, 3.63) is 0 Å². The molecule has 0 saturated heterocycles. The van der Waals surface area contributed by atoms with E-state index in [9.17, 15) is 9.36 Å². The number of ether oxygens (including phenoxy) is 1. The quantitative estimate of drug-likeness (QED) is 0.635. The molecule has 0 amide bonds. The summed E-state index contributed by atoms with van der Waals surface area (Å²) in [5.74, 6) is 0.0745. The second-order valence-corrected chi connectivity index (χ2v) is 3.97. The van der Waals surface area contributed by atoms with Gasteiger partial charge in [0.05, 0.1) is 6.61 Å². The van der Waals surface area contributed by atoms with Gasteiger partial charge in [0.1, 0.15) is 0 Å². The van der Waals surface area contributed by atoms with E-state index in [0.29, 0.717) is 0 Å². The van der Waals surface area contributed by atoms with Crippen LogP contribution in [0.25, 0.3) is 0 Å². The van der Waals surface area contributed by atoms with E-state index in [1.54, 1.807) is 13.8 Å². The van der Waals surface area contributed by atoms with Crippen molar-refractivity contribution in [2.45, 2.75) is 13.8 Å². The molecular weight excluding hydrogens is 171 g/mol. The minimum atomic E-state index is -4.67. The van der Waals surface area contributed by atoms with E-state index in [0.717, 1.165) is 0 Å². The highest BCUT2D eigenvalue weighted by Gasteiger charge is 2.27. The van der Waals surface area contributed by atoms with Crippen LogP contribution in [0.5, 0.6) is 0 Å². The van der Waals surface area contributed by atoms with Crippen LogP contribution >= 0.6 is 7.60 Å². The molecule has 0 fully saturated rings. The van der Waals surface area contributed by atoms with Gasteiger partial charge >= 0.3 is 13.3 Å². The van der Waals surface area contributed by atoms with E-state index in [4.69, 9.17) is 9.79 Å². The van der Waals surface area contributed by atoms with E-state index in [-0.39, 0.29) is 12.5 Å². The van der Waals surface area contributed by atoms with Crippen LogP contribution < -0.4 is 0 Å². The first-order valence-corrected chi connectivity index (χ1v) is 4.68. The predicted molar refractivity (Wildman–Crippen MR) is 38.2 cm³/mol. The molecule has 6 heteroatoms. The molecular formula is C5H11O5P. The standard InChI is InChI=1S/C5H11O5P/c1-4(2)3-10-5(6)11(7,8)9/h4H,3H2,1-2H3,(H2,7,8,9). The van der Waals surface area contributed by atoms with Crippen LogP contribution in [0.1, 0.15) is 13.8 Å². The van der Waals surface area contributed by atoms with Gasteiger partial charge in [-0.1, -0.05) is 13.8 Å². The number of hydrogen-bond donors (Lipinski definition) is 2. The minimum Gasteiger partial charge on any atom is -0.456 e. The third kappa shape index (κ3) is 4.95. The molecule has 11 heavy (non-hydrogen) atoms.